The first-order valence-corrected chi connectivity index (χ1v) is 13.9. The summed E-state index contributed by atoms with van der Waals surface area (Å²) in [5.41, 5.74) is 0.193. The molecule has 1 unspecified atom stereocenters. The Morgan fingerprint density at radius 2 is 1.77 bits per heavy atom. The third-order valence-corrected chi connectivity index (χ3v) is 8.25. The number of hydrogen-bond acceptors (Lipinski definition) is 3. The van der Waals surface area contributed by atoms with E-state index < -0.39 is 29.5 Å². The van der Waals surface area contributed by atoms with Crippen LogP contribution in [-0.2, 0) is 16.0 Å². The predicted molar refractivity (Wildman–Crippen MR) is 141 cm³/mol. The number of nitrogens with one attached hydrogen (secondary N) is 1. The van der Waals surface area contributed by atoms with E-state index in [0.29, 0.717) is 4.47 Å². The average Bonchev–Trinajstić information content (AvgIpc) is 3.34. The van der Waals surface area contributed by atoms with Crippen molar-refractivity contribution in [3.63, 3.8) is 0 Å². The lowest BCUT2D eigenvalue weighted by Crippen LogP contribution is -2.48. The zero-order valence-electron chi connectivity index (χ0n) is 18.8. The van der Waals surface area contributed by atoms with Crippen molar-refractivity contribution >= 4 is 60.7 Å². The van der Waals surface area contributed by atoms with Crippen molar-refractivity contribution in [2.75, 3.05) is 4.90 Å². The predicted octanol–water partition coefficient (Wildman–Crippen LogP) is 7.32. The monoisotopic (exact) mass is 624 g/mol. The lowest BCUT2D eigenvalue weighted by Gasteiger charge is -2.34. The normalized spacial score (nSPS) is 15.0. The molecule has 1 aliphatic rings. The second-order valence-electron chi connectivity index (χ2n) is 8.50. The average molecular weight is 626 g/mol. The second-order valence-corrected chi connectivity index (χ2v) is 11.2. The molecule has 0 bridgehead atoms. The standard InChI is InChI=1S/C26H24Br2F2N2O2S/c27-20-11-12-21(28)24(30)23(20)25(26(34)31-17-7-2-1-3-8-17)32(18-9-4-6-16(29)14-18)22(33)15-19-10-5-13-35-19/h4-6,9-14,17,25H,1-3,7-8,15H2,(H,31,34). The van der Waals surface area contributed by atoms with E-state index in [2.05, 4.69) is 37.2 Å². The van der Waals surface area contributed by atoms with Crippen LogP contribution in [0.2, 0.25) is 0 Å². The summed E-state index contributed by atoms with van der Waals surface area (Å²) < 4.78 is 30.4. The maximum Gasteiger partial charge on any atom is 0.248 e. The molecule has 4 nitrogen and oxygen atoms in total. The molecule has 0 saturated heterocycles. The number of carbonyl (C=O) groups is 2. The molecule has 1 heterocycles. The topological polar surface area (TPSA) is 49.4 Å². The number of halogens is 4. The van der Waals surface area contributed by atoms with E-state index in [1.165, 1.54) is 40.5 Å². The van der Waals surface area contributed by atoms with Crippen LogP contribution >= 0.6 is 43.2 Å². The summed E-state index contributed by atoms with van der Waals surface area (Å²) in [5, 5.41) is 4.90. The third-order valence-electron chi connectivity index (χ3n) is 6.07. The minimum atomic E-state index is -1.35. The Labute approximate surface area is 224 Å². The van der Waals surface area contributed by atoms with E-state index in [1.807, 2.05) is 17.5 Å². The van der Waals surface area contributed by atoms with Crippen LogP contribution in [0.3, 0.4) is 0 Å². The van der Waals surface area contributed by atoms with Crippen molar-refractivity contribution in [1.82, 2.24) is 5.32 Å². The summed E-state index contributed by atoms with van der Waals surface area (Å²) in [4.78, 5) is 29.6. The fraction of sp³-hybridized carbons (Fsp3) is 0.308. The SMILES string of the molecule is O=C(NC1CCCCC1)C(c1c(Br)ccc(Br)c1F)N(C(=O)Cc1cccs1)c1cccc(F)c1. The van der Waals surface area contributed by atoms with Gasteiger partial charge in [-0.05, 0) is 70.5 Å². The number of hydrogen-bond donors (Lipinski definition) is 1. The van der Waals surface area contributed by atoms with E-state index in [1.54, 1.807) is 12.1 Å². The number of rotatable bonds is 7. The highest BCUT2D eigenvalue weighted by Crippen LogP contribution is 2.37. The molecule has 2 aromatic carbocycles. The van der Waals surface area contributed by atoms with E-state index in [0.717, 1.165) is 37.0 Å². The molecular formula is C26H24Br2F2N2O2S. The fourth-order valence-electron chi connectivity index (χ4n) is 4.41. The third kappa shape index (κ3) is 6.19. The van der Waals surface area contributed by atoms with Crippen molar-refractivity contribution in [1.29, 1.82) is 0 Å². The molecule has 184 valence electrons. The Balaban J connectivity index is 1.84. The van der Waals surface area contributed by atoms with Crippen LogP contribution in [0.4, 0.5) is 14.5 Å². The van der Waals surface area contributed by atoms with E-state index in [4.69, 9.17) is 0 Å². The molecule has 0 aliphatic heterocycles. The summed E-state index contributed by atoms with van der Waals surface area (Å²) in [7, 11) is 0. The molecule has 1 saturated carbocycles. The van der Waals surface area contributed by atoms with Crippen molar-refractivity contribution in [2.45, 2.75) is 50.6 Å². The van der Waals surface area contributed by atoms with Gasteiger partial charge in [0.2, 0.25) is 11.8 Å². The summed E-state index contributed by atoms with van der Waals surface area (Å²) >= 11 is 8.01. The zero-order chi connectivity index (χ0) is 24.9. The first-order valence-electron chi connectivity index (χ1n) is 11.4. The van der Waals surface area contributed by atoms with Gasteiger partial charge in [0.1, 0.15) is 17.7 Å². The molecule has 1 aromatic heterocycles. The molecule has 2 amide bonds. The number of thiophene rings is 1. The van der Waals surface area contributed by atoms with Gasteiger partial charge in [0, 0.05) is 26.6 Å². The van der Waals surface area contributed by atoms with Crippen LogP contribution in [0.25, 0.3) is 0 Å². The maximum absolute atomic E-state index is 15.6. The van der Waals surface area contributed by atoms with Crippen molar-refractivity contribution in [2.24, 2.45) is 0 Å². The molecule has 0 spiro atoms. The largest absolute Gasteiger partial charge is 0.351 e. The zero-order valence-corrected chi connectivity index (χ0v) is 22.8. The molecule has 0 radical (unpaired) electrons. The number of nitrogens with zero attached hydrogens (tertiary/aromatic N) is 1. The van der Waals surface area contributed by atoms with Gasteiger partial charge in [-0.1, -0.05) is 47.3 Å². The minimum Gasteiger partial charge on any atom is -0.351 e. The van der Waals surface area contributed by atoms with Gasteiger partial charge >= 0.3 is 0 Å². The molecule has 1 fully saturated rings. The highest BCUT2D eigenvalue weighted by Gasteiger charge is 2.37. The van der Waals surface area contributed by atoms with E-state index in [9.17, 15) is 14.0 Å². The molecule has 1 atom stereocenters. The van der Waals surface area contributed by atoms with Gasteiger partial charge in [-0.25, -0.2) is 8.78 Å². The highest BCUT2D eigenvalue weighted by atomic mass is 79.9. The second kappa shape index (κ2) is 11.8. The van der Waals surface area contributed by atoms with Gasteiger partial charge in [0.25, 0.3) is 0 Å². The number of anilines is 1. The molecule has 9 heteroatoms. The molecular weight excluding hydrogens is 602 g/mol. The quantitative estimate of drug-likeness (QED) is 0.280. The van der Waals surface area contributed by atoms with Crippen LogP contribution in [0, 0.1) is 11.6 Å². The van der Waals surface area contributed by atoms with E-state index >= 15 is 4.39 Å². The van der Waals surface area contributed by atoms with Crippen LogP contribution in [-0.4, -0.2) is 17.9 Å². The first-order chi connectivity index (χ1) is 16.8. The lowest BCUT2D eigenvalue weighted by molar-refractivity contribution is -0.127. The summed E-state index contributed by atoms with van der Waals surface area (Å²) in [6.07, 6.45) is 4.74. The highest BCUT2D eigenvalue weighted by molar-refractivity contribution is 9.11. The van der Waals surface area contributed by atoms with Gasteiger partial charge in [0.05, 0.1) is 10.9 Å². The Kier molecular flexibility index (Phi) is 8.73. The molecule has 3 aromatic rings. The summed E-state index contributed by atoms with van der Waals surface area (Å²) in [6.45, 7) is 0. The molecule has 4 rings (SSSR count). The van der Waals surface area contributed by atoms with Crippen molar-refractivity contribution in [3.8, 4) is 0 Å². The van der Waals surface area contributed by atoms with Crippen molar-refractivity contribution < 1.29 is 18.4 Å². The molecule has 35 heavy (non-hydrogen) atoms. The smallest absolute Gasteiger partial charge is 0.248 e. The van der Waals surface area contributed by atoms with Gasteiger partial charge < -0.3 is 5.32 Å². The number of amides is 2. The van der Waals surface area contributed by atoms with Crippen LogP contribution in [0.1, 0.15) is 48.6 Å². The molecule has 1 N–H and O–H groups in total. The minimum absolute atomic E-state index is 0.00533. The van der Waals surface area contributed by atoms with E-state index in [-0.39, 0.29) is 28.2 Å². The fourth-order valence-corrected chi connectivity index (χ4v) is 5.97. The van der Waals surface area contributed by atoms with Crippen molar-refractivity contribution in [3.05, 3.63) is 84.9 Å². The Bertz CT molecular complexity index is 1200. The lowest BCUT2D eigenvalue weighted by atomic mass is 9.94. The maximum atomic E-state index is 15.6. The number of carbonyl (C=O) groups excluding carboxylic acids is 2. The Morgan fingerprint density at radius 3 is 2.46 bits per heavy atom. The van der Waals surface area contributed by atoms with Gasteiger partial charge in [0.15, 0.2) is 0 Å². The van der Waals surface area contributed by atoms with Crippen LogP contribution in [0.15, 0.2) is 62.9 Å². The Hall–Kier alpha value is -2.10. The van der Waals surface area contributed by atoms with Gasteiger partial charge in [-0.2, -0.15) is 0 Å². The van der Waals surface area contributed by atoms with Crippen LogP contribution < -0.4 is 10.2 Å². The van der Waals surface area contributed by atoms with Gasteiger partial charge in [-0.15, -0.1) is 11.3 Å². The first kappa shape index (κ1) is 26.0. The summed E-state index contributed by atoms with van der Waals surface area (Å²) in [5.74, 6) is -2.16. The molecule has 1 aliphatic carbocycles. The van der Waals surface area contributed by atoms with Gasteiger partial charge in [-0.3, -0.25) is 14.5 Å². The summed E-state index contributed by atoms with van der Waals surface area (Å²) in [6, 6.07) is 10.9. The Morgan fingerprint density at radius 1 is 1.03 bits per heavy atom. The van der Waals surface area contributed by atoms with Crippen LogP contribution in [0.5, 0.6) is 0 Å². The number of benzene rings is 2.